The number of benzene rings is 1. The second-order valence-corrected chi connectivity index (χ2v) is 9.05. The van der Waals surface area contributed by atoms with E-state index in [2.05, 4.69) is 58.3 Å². The van der Waals surface area contributed by atoms with Crippen molar-refractivity contribution in [1.29, 1.82) is 0 Å². The predicted molar refractivity (Wildman–Crippen MR) is 128 cm³/mol. The van der Waals surface area contributed by atoms with E-state index in [1.807, 2.05) is 0 Å². The SMILES string of the molecule is CCCCCCCCCCCCCC(N)=O.CCC[N+](C)(C)Cc1ccccc1.[Cl-]. The molecule has 0 unspecified atom stereocenters. The Hall–Kier alpha value is -1.06. The number of nitrogens with zero attached hydrogens (tertiary/aromatic N) is 1. The Kier molecular flexibility index (Phi) is 22.0. The standard InChI is InChI=1S/C14H29NO.C12H20N.ClH/c1-2-3-4-5-6-7-8-9-10-11-12-13-14(15)16;1-4-10-13(2,3)11-12-8-6-5-7-9-12;/h2-13H2,1H3,(H2,15,16);5-9H,4,10-11H2,1-3H3;1H/q;+1;/p-1. The minimum Gasteiger partial charge on any atom is -1.00 e. The van der Waals surface area contributed by atoms with Crippen LogP contribution in [0.4, 0.5) is 0 Å². The van der Waals surface area contributed by atoms with Crippen LogP contribution in [0.5, 0.6) is 0 Å². The predicted octanol–water partition coefficient (Wildman–Crippen LogP) is 3.85. The maximum Gasteiger partial charge on any atom is 0.217 e. The van der Waals surface area contributed by atoms with Crippen molar-refractivity contribution in [2.75, 3.05) is 20.6 Å². The highest BCUT2D eigenvalue weighted by atomic mass is 35.5. The zero-order valence-electron chi connectivity index (χ0n) is 20.3. The molecule has 2 N–H and O–H groups in total. The molecule has 1 rings (SSSR count). The van der Waals surface area contributed by atoms with Crippen LogP contribution < -0.4 is 18.1 Å². The summed E-state index contributed by atoms with van der Waals surface area (Å²) in [5.74, 6) is -0.157. The molecule has 0 atom stereocenters. The molecule has 0 spiro atoms. The lowest BCUT2D eigenvalue weighted by Gasteiger charge is -2.29. The summed E-state index contributed by atoms with van der Waals surface area (Å²) < 4.78 is 1.08. The molecule has 4 heteroatoms. The summed E-state index contributed by atoms with van der Waals surface area (Å²) in [4.78, 5) is 10.5. The fraction of sp³-hybridized carbons (Fsp3) is 0.731. The number of carbonyl (C=O) groups is 1. The highest BCUT2D eigenvalue weighted by Crippen LogP contribution is 2.12. The molecule has 1 aromatic rings. The summed E-state index contributed by atoms with van der Waals surface area (Å²) in [6.45, 7) is 6.88. The van der Waals surface area contributed by atoms with Crippen molar-refractivity contribution in [2.24, 2.45) is 5.73 Å². The van der Waals surface area contributed by atoms with Crippen molar-refractivity contribution in [3.8, 4) is 0 Å². The van der Waals surface area contributed by atoms with Gasteiger partial charge in [-0.15, -0.1) is 0 Å². The van der Waals surface area contributed by atoms with E-state index in [1.54, 1.807) is 0 Å². The van der Waals surface area contributed by atoms with E-state index in [4.69, 9.17) is 5.73 Å². The number of hydrogen-bond donors (Lipinski definition) is 1. The Bertz CT molecular complexity index is 491. The van der Waals surface area contributed by atoms with Gasteiger partial charge < -0.3 is 22.6 Å². The van der Waals surface area contributed by atoms with E-state index in [0.29, 0.717) is 6.42 Å². The molecule has 0 saturated heterocycles. The van der Waals surface area contributed by atoms with Gasteiger partial charge >= 0.3 is 0 Å². The molecule has 0 aliphatic heterocycles. The van der Waals surface area contributed by atoms with Gasteiger partial charge in [0.15, 0.2) is 0 Å². The van der Waals surface area contributed by atoms with Crippen molar-refractivity contribution >= 4 is 5.91 Å². The second-order valence-electron chi connectivity index (χ2n) is 9.05. The van der Waals surface area contributed by atoms with Crippen LogP contribution in [-0.2, 0) is 11.3 Å². The Morgan fingerprint density at radius 2 is 1.23 bits per heavy atom. The molecule has 0 fully saturated rings. The molecule has 0 aliphatic carbocycles. The molecular weight excluding hydrogens is 392 g/mol. The van der Waals surface area contributed by atoms with Crippen LogP contribution in [0.3, 0.4) is 0 Å². The van der Waals surface area contributed by atoms with Gasteiger partial charge in [0.1, 0.15) is 6.54 Å². The number of halogens is 1. The maximum atomic E-state index is 10.5. The number of nitrogens with two attached hydrogens (primary N) is 1. The Labute approximate surface area is 193 Å². The highest BCUT2D eigenvalue weighted by Gasteiger charge is 2.13. The van der Waals surface area contributed by atoms with E-state index in [0.717, 1.165) is 17.4 Å². The molecule has 0 bridgehead atoms. The summed E-state index contributed by atoms with van der Waals surface area (Å²) in [6, 6.07) is 10.7. The number of hydrogen-bond acceptors (Lipinski definition) is 1. The Morgan fingerprint density at radius 3 is 1.67 bits per heavy atom. The molecule has 3 nitrogen and oxygen atoms in total. The first-order valence-electron chi connectivity index (χ1n) is 12.1. The number of amides is 1. The third-order valence-electron chi connectivity index (χ3n) is 5.31. The number of carbonyl (C=O) groups excluding carboxylic acids is 1. The van der Waals surface area contributed by atoms with Gasteiger partial charge in [0.25, 0.3) is 0 Å². The van der Waals surface area contributed by atoms with Gasteiger partial charge in [-0.3, -0.25) is 4.79 Å². The molecule has 0 heterocycles. The third-order valence-corrected chi connectivity index (χ3v) is 5.31. The van der Waals surface area contributed by atoms with Crippen molar-refractivity contribution < 1.29 is 21.7 Å². The molecule has 0 saturated carbocycles. The van der Waals surface area contributed by atoms with Crippen molar-refractivity contribution in [3.05, 3.63) is 35.9 Å². The first-order chi connectivity index (χ1) is 13.9. The van der Waals surface area contributed by atoms with E-state index >= 15 is 0 Å². The molecule has 0 aromatic heterocycles. The molecule has 30 heavy (non-hydrogen) atoms. The van der Waals surface area contributed by atoms with Crippen LogP contribution in [0.25, 0.3) is 0 Å². The average Bonchev–Trinajstić information content (AvgIpc) is 2.67. The van der Waals surface area contributed by atoms with E-state index in [9.17, 15) is 4.79 Å². The van der Waals surface area contributed by atoms with Crippen LogP contribution in [-0.4, -0.2) is 31.0 Å². The number of primary amides is 1. The molecule has 1 amide bonds. The van der Waals surface area contributed by atoms with Gasteiger partial charge in [-0.1, -0.05) is 108 Å². The molecule has 0 aliphatic rings. The zero-order chi connectivity index (χ0) is 21.8. The fourth-order valence-corrected chi connectivity index (χ4v) is 3.73. The van der Waals surface area contributed by atoms with Gasteiger partial charge in [-0.25, -0.2) is 0 Å². The van der Waals surface area contributed by atoms with Crippen LogP contribution in [0.2, 0.25) is 0 Å². The number of rotatable bonds is 16. The normalized spacial score (nSPS) is 10.7. The zero-order valence-corrected chi connectivity index (χ0v) is 21.1. The molecule has 0 radical (unpaired) electrons. The lowest BCUT2D eigenvalue weighted by atomic mass is 10.1. The Balaban J connectivity index is 0. The lowest BCUT2D eigenvalue weighted by Crippen LogP contribution is -3.00. The maximum absolute atomic E-state index is 10.5. The number of quaternary nitrogens is 1. The summed E-state index contributed by atoms with van der Waals surface area (Å²) in [5.41, 5.74) is 6.51. The second kappa shape index (κ2) is 21.2. The van der Waals surface area contributed by atoms with Crippen LogP contribution >= 0.6 is 0 Å². The van der Waals surface area contributed by atoms with E-state index < -0.39 is 0 Å². The summed E-state index contributed by atoms with van der Waals surface area (Å²) in [7, 11) is 4.58. The lowest BCUT2D eigenvalue weighted by molar-refractivity contribution is -0.903. The van der Waals surface area contributed by atoms with E-state index in [-0.39, 0.29) is 18.3 Å². The topological polar surface area (TPSA) is 43.1 Å². The molecule has 176 valence electrons. The van der Waals surface area contributed by atoms with Crippen LogP contribution in [0.1, 0.15) is 103 Å². The minimum atomic E-state index is -0.157. The van der Waals surface area contributed by atoms with E-state index in [1.165, 1.54) is 82.7 Å². The van der Waals surface area contributed by atoms with Gasteiger partial charge in [-0.05, 0) is 12.8 Å². The monoisotopic (exact) mass is 440 g/mol. The average molecular weight is 441 g/mol. The summed E-state index contributed by atoms with van der Waals surface area (Å²) in [5, 5.41) is 0. The summed E-state index contributed by atoms with van der Waals surface area (Å²) in [6.07, 6.45) is 16.3. The van der Waals surface area contributed by atoms with Crippen molar-refractivity contribution in [1.82, 2.24) is 0 Å². The quantitative estimate of drug-likeness (QED) is 0.308. The number of unbranched alkanes of at least 4 members (excludes halogenated alkanes) is 10. The van der Waals surface area contributed by atoms with Gasteiger partial charge in [0.2, 0.25) is 5.91 Å². The summed E-state index contributed by atoms with van der Waals surface area (Å²) >= 11 is 0. The first kappa shape index (κ1) is 31.1. The van der Waals surface area contributed by atoms with Gasteiger partial charge in [-0.2, -0.15) is 0 Å². The fourth-order valence-electron chi connectivity index (χ4n) is 3.73. The van der Waals surface area contributed by atoms with Gasteiger partial charge in [0.05, 0.1) is 20.6 Å². The third kappa shape index (κ3) is 21.6. The van der Waals surface area contributed by atoms with Crippen LogP contribution in [0.15, 0.2) is 30.3 Å². The highest BCUT2D eigenvalue weighted by molar-refractivity contribution is 5.73. The first-order valence-corrected chi connectivity index (χ1v) is 12.1. The Morgan fingerprint density at radius 1 is 0.767 bits per heavy atom. The van der Waals surface area contributed by atoms with Crippen molar-refractivity contribution in [3.63, 3.8) is 0 Å². The minimum absolute atomic E-state index is 0. The molecular formula is C26H49ClN2O. The largest absolute Gasteiger partial charge is 1.00 e. The smallest absolute Gasteiger partial charge is 0.217 e. The van der Waals surface area contributed by atoms with Gasteiger partial charge in [0, 0.05) is 12.0 Å². The molecule has 1 aromatic carbocycles. The van der Waals surface area contributed by atoms with Crippen LogP contribution in [0, 0.1) is 0 Å². The van der Waals surface area contributed by atoms with Crippen molar-refractivity contribution in [2.45, 2.75) is 104 Å².